The van der Waals surface area contributed by atoms with Gasteiger partial charge in [-0.3, -0.25) is 4.79 Å². The van der Waals surface area contributed by atoms with E-state index in [0.717, 1.165) is 17.7 Å². The van der Waals surface area contributed by atoms with Crippen molar-refractivity contribution >= 4 is 40.4 Å². The van der Waals surface area contributed by atoms with E-state index in [1.807, 2.05) is 24.3 Å². The standard InChI is InChI=1S/C14H17N5O2S2/c1-2-6-21-11-5-3-4-10(7-11)8-16-17-12(20)9-22-14-19-18-13(15)23-14/h3-5,7-8H,2,6,9H2,1H3,(H2,15,18)(H,17,20). The van der Waals surface area contributed by atoms with Crippen molar-refractivity contribution in [2.24, 2.45) is 5.10 Å². The fourth-order valence-electron chi connectivity index (χ4n) is 1.52. The summed E-state index contributed by atoms with van der Waals surface area (Å²) in [7, 11) is 0. The van der Waals surface area contributed by atoms with Gasteiger partial charge < -0.3 is 10.5 Å². The number of hydrogen-bond donors (Lipinski definition) is 2. The summed E-state index contributed by atoms with van der Waals surface area (Å²) in [4.78, 5) is 11.7. The Balaban J connectivity index is 1.77. The lowest BCUT2D eigenvalue weighted by Gasteiger charge is -2.04. The molecule has 2 aromatic rings. The number of carbonyl (C=O) groups is 1. The van der Waals surface area contributed by atoms with Gasteiger partial charge >= 0.3 is 0 Å². The highest BCUT2D eigenvalue weighted by atomic mass is 32.2. The predicted molar refractivity (Wildman–Crippen MR) is 93.0 cm³/mol. The second kappa shape index (κ2) is 9.11. The third kappa shape index (κ3) is 6.25. The van der Waals surface area contributed by atoms with E-state index in [4.69, 9.17) is 10.5 Å². The molecule has 0 unspecified atom stereocenters. The summed E-state index contributed by atoms with van der Waals surface area (Å²) in [6.07, 6.45) is 2.52. The van der Waals surface area contributed by atoms with Gasteiger partial charge in [0.25, 0.3) is 5.91 Å². The van der Waals surface area contributed by atoms with Crippen LogP contribution in [-0.2, 0) is 4.79 Å². The monoisotopic (exact) mass is 351 g/mol. The van der Waals surface area contributed by atoms with Crippen LogP contribution in [0.3, 0.4) is 0 Å². The minimum atomic E-state index is -0.224. The van der Waals surface area contributed by atoms with Crippen LogP contribution in [0.4, 0.5) is 5.13 Å². The molecule has 1 heterocycles. The van der Waals surface area contributed by atoms with Crippen LogP contribution in [0.1, 0.15) is 18.9 Å². The predicted octanol–water partition coefficient (Wildman–Crippen LogP) is 2.15. The van der Waals surface area contributed by atoms with E-state index in [9.17, 15) is 4.79 Å². The molecule has 9 heteroatoms. The number of anilines is 1. The van der Waals surface area contributed by atoms with Gasteiger partial charge in [0.15, 0.2) is 4.34 Å². The molecular formula is C14H17N5O2S2. The quantitative estimate of drug-likeness (QED) is 0.429. The number of rotatable bonds is 8. The largest absolute Gasteiger partial charge is 0.494 e. The molecule has 1 amide bonds. The van der Waals surface area contributed by atoms with E-state index >= 15 is 0 Å². The molecule has 1 aromatic carbocycles. The van der Waals surface area contributed by atoms with Gasteiger partial charge in [-0.25, -0.2) is 5.43 Å². The maximum Gasteiger partial charge on any atom is 0.250 e. The van der Waals surface area contributed by atoms with Gasteiger partial charge in [-0.05, 0) is 24.1 Å². The topological polar surface area (TPSA) is 102 Å². The summed E-state index contributed by atoms with van der Waals surface area (Å²) >= 11 is 2.51. The smallest absolute Gasteiger partial charge is 0.250 e. The summed E-state index contributed by atoms with van der Waals surface area (Å²) in [5.74, 6) is 0.760. The number of nitrogens with one attached hydrogen (secondary N) is 1. The Labute approximate surface area is 142 Å². The average molecular weight is 351 g/mol. The van der Waals surface area contributed by atoms with Crippen molar-refractivity contribution in [1.29, 1.82) is 0 Å². The van der Waals surface area contributed by atoms with Crippen molar-refractivity contribution in [1.82, 2.24) is 15.6 Å². The summed E-state index contributed by atoms with van der Waals surface area (Å²) in [6, 6.07) is 7.51. The normalized spacial score (nSPS) is 10.8. The number of ether oxygens (including phenoxy) is 1. The molecule has 23 heavy (non-hydrogen) atoms. The van der Waals surface area contributed by atoms with Crippen LogP contribution in [0.15, 0.2) is 33.7 Å². The first-order chi connectivity index (χ1) is 11.2. The molecule has 0 aliphatic carbocycles. The maximum atomic E-state index is 11.7. The highest BCUT2D eigenvalue weighted by molar-refractivity contribution is 8.01. The maximum absolute atomic E-state index is 11.7. The zero-order valence-electron chi connectivity index (χ0n) is 12.6. The molecule has 0 atom stereocenters. The first-order valence-electron chi connectivity index (χ1n) is 6.94. The molecular weight excluding hydrogens is 334 g/mol. The minimum Gasteiger partial charge on any atom is -0.494 e. The molecule has 0 saturated carbocycles. The van der Waals surface area contributed by atoms with Crippen molar-refractivity contribution in [3.05, 3.63) is 29.8 Å². The molecule has 2 rings (SSSR count). The highest BCUT2D eigenvalue weighted by Gasteiger charge is 2.05. The number of nitrogens with zero attached hydrogens (tertiary/aromatic N) is 3. The summed E-state index contributed by atoms with van der Waals surface area (Å²) in [5, 5.41) is 11.8. The van der Waals surface area contributed by atoms with Gasteiger partial charge in [0.05, 0.1) is 18.6 Å². The average Bonchev–Trinajstić information content (AvgIpc) is 2.97. The van der Waals surface area contributed by atoms with Crippen molar-refractivity contribution in [3.8, 4) is 5.75 Å². The molecule has 0 saturated heterocycles. The highest BCUT2D eigenvalue weighted by Crippen LogP contribution is 2.22. The number of amides is 1. The van der Waals surface area contributed by atoms with E-state index in [1.54, 1.807) is 6.21 Å². The van der Waals surface area contributed by atoms with Gasteiger partial charge in [0.2, 0.25) is 5.13 Å². The number of benzene rings is 1. The molecule has 3 N–H and O–H groups in total. The number of aromatic nitrogens is 2. The Hall–Kier alpha value is -2.13. The Bertz CT molecular complexity index is 675. The molecule has 1 aromatic heterocycles. The summed E-state index contributed by atoms with van der Waals surface area (Å²) < 4.78 is 6.19. The third-order valence-electron chi connectivity index (χ3n) is 2.48. The Morgan fingerprint density at radius 3 is 3.13 bits per heavy atom. The number of thioether (sulfide) groups is 1. The van der Waals surface area contributed by atoms with Gasteiger partial charge in [0.1, 0.15) is 5.75 Å². The van der Waals surface area contributed by atoms with Gasteiger partial charge in [-0.2, -0.15) is 5.10 Å². The van der Waals surface area contributed by atoms with Crippen LogP contribution in [0.2, 0.25) is 0 Å². The second-order valence-corrected chi connectivity index (χ2v) is 6.64. The van der Waals surface area contributed by atoms with Crippen LogP contribution >= 0.6 is 23.1 Å². The van der Waals surface area contributed by atoms with E-state index in [1.165, 1.54) is 23.1 Å². The fourth-order valence-corrected chi connectivity index (χ4v) is 2.95. The lowest BCUT2D eigenvalue weighted by Crippen LogP contribution is -2.19. The van der Waals surface area contributed by atoms with Gasteiger partial charge in [0, 0.05) is 0 Å². The van der Waals surface area contributed by atoms with Crippen LogP contribution in [0.5, 0.6) is 5.75 Å². The minimum absolute atomic E-state index is 0.200. The number of hydrogen-bond acceptors (Lipinski definition) is 8. The van der Waals surface area contributed by atoms with Crippen LogP contribution in [0, 0.1) is 0 Å². The molecule has 0 spiro atoms. The van der Waals surface area contributed by atoms with Crippen molar-refractivity contribution in [2.45, 2.75) is 17.7 Å². The SMILES string of the molecule is CCCOc1cccc(C=NNC(=O)CSc2nnc(N)s2)c1. The lowest BCUT2D eigenvalue weighted by atomic mass is 10.2. The number of carbonyl (C=O) groups excluding carboxylic acids is 1. The lowest BCUT2D eigenvalue weighted by molar-refractivity contribution is -0.118. The molecule has 0 radical (unpaired) electrons. The van der Waals surface area contributed by atoms with E-state index in [-0.39, 0.29) is 11.7 Å². The molecule has 0 aliphatic heterocycles. The third-order valence-corrected chi connectivity index (χ3v) is 4.37. The number of hydrazone groups is 1. The molecule has 7 nitrogen and oxygen atoms in total. The van der Waals surface area contributed by atoms with Crippen LogP contribution in [0.25, 0.3) is 0 Å². The molecule has 0 bridgehead atoms. The molecule has 0 aliphatic rings. The zero-order chi connectivity index (χ0) is 16.5. The summed E-state index contributed by atoms with van der Waals surface area (Å²) in [6.45, 7) is 2.72. The second-order valence-electron chi connectivity index (χ2n) is 4.41. The van der Waals surface area contributed by atoms with Crippen LogP contribution in [-0.4, -0.2) is 34.7 Å². The van der Waals surface area contributed by atoms with Crippen molar-refractivity contribution in [3.63, 3.8) is 0 Å². The summed E-state index contributed by atoms with van der Waals surface area (Å²) in [5.41, 5.74) is 8.78. The number of nitrogen functional groups attached to an aromatic ring is 1. The Morgan fingerprint density at radius 1 is 1.52 bits per heavy atom. The van der Waals surface area contributed by atoms with Crippen molar-refractivity contribution < 1.29 is 9.53 Å². The molecule has 122 valence electrons. The Kier molecular flexibility index (Phi) is 6.82. The van der Waals surface area contributed by atoms with Gasteiger partial charge in [-0.15, -0.1) is 10.2 Å². The first-order valence-corrected chi connectivity index (χ1v) is 8.74. The van der Waals surface area contributed by atoms with E-state index in [0.29, 0.717) is 16.1 Å². The van der Waals surface area contributed by atoms with E-state index < -0.39 is 0 Å². The van der Waals surface area contributed by atoms with E-state index in [2.05, 4.69) is 27.6 Å². The Morgan fingerprint density at radius 2 is 2.39 bits per heavy atom. The van der Waals surface area contributed by atoms with Crippen LogP contribution < -0.4 is 15.9 Å². The fraction of sp³-hybridized carbons (Fsp3) is 0.286. The first kappa shape index (κ1) is 17.2. The number of nitrogens with two attached hydrogens (primary N) is 1. The molecule has 0 fully saturated rings. The zero-order valence-corrected chi connectivity index (χ0v) is 14.2. The van der Waals surface area contributed by atoms with Crippen molar-refractivity contribution in [2.75, 3.05) is 18.1 Å². The van der Waals surface area contributed by atoms with Gasteiger partial charge in [-0.1, -0.05) is 42.2 Å².